The molecule has 0 saturated heterocycles. The van der Waals surface area contributed by atoms with Gasteiger partial charge in [-0.15, -0.1) is 0 Å². The number of rotatable bonds is 3. The minimum atomic E-state index is 0.570. The van der Waals surface area contributed by atoms with Gasteiger partial charge in [0.1, 0.15) is 0 Å². The predicted octanol–water partition coefficient (Wildman–Crippen LogP) is 6.01. The Bertz CT molecular complexity index is 417. The Morgan fingerprint density at radius 3 is 2.53 bits per heavy atom. The average Bonchev–Trinajstić information content (AvgIpc) is 2.59. The molecule has 0 aromatic heterocycles. The van der Waals surface area contributed by atoms with Crippen LogP contribution in [-0.4, -0.2) is 6.04 Å². The summed E-state index contributed by atoms with van der Waals surface area (Å²) >= 11 is 12.0. The first kappa shape index (κ1) is 15.0. The van der Waals surface area contributed by atoms with E-state index in [1.54, 1.807) is 0 Å². The molecule has 1 fully saturated rings. The first-order valence-corrected chi connectivity index (χ1v) is 8.03. The van der Waals surface area contributed by atoms with Gasteiger partial charge in [-0.2, -0.15) is 0 Å². The number of nitrogens with one attached hydrogen (secondary N) is 1. The van der Waals surface area contributed by atoms with Crippen LogP contribution in [0.3, 0.4) is 0 Å². The fourth-order valence-corrected chi connectivity index (χ4v) is 3.26. The highest BCUT2D eigenvalue weighted by Crippen LogP contribution is 2.31. The first-order valence-electron chi connectivity index (χ1n) is 7.28. The Hall–Kier alpha value is -0.400. The molecule has 1 aliphatic carbocycles. The van der Waals surface area contributed by atoms with Crippen LogP contribution in [0.4, 0.5) is 5.69 Å². The first-order chi connectivity index (χ1) is 9.06. The predicted molar refractivity (Wildman–Crippen MR) is 85.3 cm³/mol. The van der Waals surface area contributed by atoms with Crippen molar-refractivity contribution >= 4 is 28.9 Å². The molecule has 19 heavy (non-hydrogen) atoms. The second kappa shape index (κ2) is 6.85. The number of anilines is 1. The molecular formula is C16H23Cl2N. The fourth-order valence-electron chi connectivity index (χ4n) is 2.96. The summed E-state index contributed by atoms with van der Waals surface area (Å²) in [5, 5.41) is 4.85. The number of hydrogen-bond donors (Lipinski definition) is 1. The van der Waals surface area contributed by atoms with Crippen LogP contribution in [0.5, 0.6) is 0 Å². The third kappa shape index (κ3) is 4.29. The quantitative estimate of drug-likeness (QED) is 0.674. The minimum Gasteiger partial charge on any atom is -0.382 e. The minimum absolute atomic E-state index is 0.570. The van der Waals surface area contributed by atoms with Gasteiger partial charge in [0.25, 0.3) is 0 Å². The van der Waals surface area contributed by atoms with Crippen molar-refractivity contribution < 1.29 is 0 Å². The van der Waals surface area contributed by atoms with Crippen LogP contribution in [0.2, 0.25) is 10.0 Å². The molecule has 2 atom stereocenters. The SMILES string of the molecule is CC(C)C1CCCC(Nc2ccc(Cl)c(Cl)c2)CC1. The van der Waals surface area contributed by atoms with Crippen LogP contribution in [0, 0.1) is 11.8 Å². The second-order valence-electron chi connectivity index (χ2n) is 5.98. The maximum Gasteiger partial charge on any atom is 0.0612 e. The summed E-state index contributed by atoms with van der Waals surface area (Å²) in [6.07, 6.45) is 6.53. The highest BCUT2D eigenvalue weighted by molar-refractivity contribution is 6.42. The molecule has 3 heteroatoms. The van der Waals surface area contributed by atoms with Crippen LogP contribution < -0.4 is 5.32 Å². The lowest BCUT2D eigenvalue weighted by Gasteiger charge is -2.20. The Morgan fingerprint density at radius 1 is 1.05 bits per heavy atom. The summed E-state index contributed by atoms with van der Waals surface area (Å²) < 4.78 is 0. The number of hydrogen-bond acceptors (Lipinski definition) is 1. The lowest BCUT2D eigenvalue weighted by atomic mass is 9.89. The maximum atomic E-state index is 6.06. The number of benzene rings is 1. The summed E-state index contributed by atoms with van der Waals surface area (Å²) in [5.41, 5.74) is 1.09. The molecule has 0 spiro atoms. The maximum absolute atomic E-state index is 6.06. The van der Waals surface area contributed by atoms with Crippen LogP contribution in [0.1, 0.15) is 46.0 Å². The second-order valence-corrected chi connectivity index (χ2v) is 6.80. The van der Waals surface area contributed by atoms with Crippen molar-refractivity contribution in [2.45, 2.75) is 52.0 Å². The van der Waals surface area contributed by atoms with E-state index in [2.05, 4.69) is 19.2 Å². The van der Waals surface area contributed by atoms with Crippen molar-refractivity contribution in [2.75, 3.05) is 5.32 Å². The van der Waals surface area contributed by atoms with Crippen LogP contribution in [0.15, 0.2) is 18.2 Å². The van der Waals surface area contributed by atoms with Gasteiger partial charge in [0.2, 0.25) is 0 Å². The van der Waals surface area contributed by atoms with E-state index < -0.39 is 0 Å². The molecule has 106 valence electrons. The van der Waals surface area contributed by atoms with Gasteiger partial charge in [-0.1, -0.05) is 49.9 Å². The van der Waals surface area contributed by atoms with Gasteiger partial charge in [-0.25, -0.2) is 0 Å². The molecule has 1 nitrogen and oxygen atoms in total. The highest BCUT2D eigenvalue weighted by atomic mass is 35.5. The van der Waals surface area contributed by atoms with Gasteiger partial charge < -0.3 is 5.32 Å². The smallest absolute Gasteiger partial charge is 0.0612 e. The van der Waals surface area contributed by atoms with E-state index in [4.69, 9.17) is 23.2 Å². The Kier molecular flexibility index (Phi) is 5.41. The molecule has 0 aliphatic heterocycles. The fraction of sp³-hybridized carbons (Fsp3) is 0.625. The molecule has 1 aromatic rings. The molecule has 2 unspecified atom stereocenters. The van der Waals surface area contributed by atoms with Crippen molar-refractivity contribution in [3.8, 4) is 0 Å². The van der Waals surface area contributed by atoms with E-state index in [1.807, 2.05) is 18.2 Å². The largest absolute Gasteiger partial charge is 0.382 e. The average molecular weight is 300 g/mol. The van der Waals surface area contributed by atoms with E-state index >= 15 is 0 Å². The van der Waals surface area contributed by atoms with Gasteiger partial charge in [0.05, 0.1) is 10.0 Å². The summed E-state index contributed by atoms with van der Waals surface area (Å²) in [4.78, 5) is 0. The van der Waals surface area contributed by atoms with Gasteiger partial charge in [-0.3, -0.25) is 0 Å². The molecule has 0 heterocycles. The molecule has 1 N–H and O–H groups in total. The zero-order valence-electron chi connectivity index (χ0n) is 11.8. The molecule has 1 aromatic carbocycles. The van der Waals surface area contributed by atoms with Crippen molar-refractivity contribution in [2.24, 2.45) is 11.8 Å². The molecule has 0 radical (unpaired) electrons. The van der Waals surface area contributed by atoms with E-state index in [0.29, 0.717) is 16.1 Å². The normalized spacial score (nSPS) is 24.3. The van der Waals surface area contributed by atoms with E-state index in [1.165, 1.54) is 32.1 Å². The summed E-state index contributed by atoms with van der Waals surface area (Å²) in [6, 6.07) is 6.37. The molecule has 1 aliphatic rings. The molecule has 2 rings (SSSR count). The van der Waals surface area contributed by atoms with Gasteiger partial charge in [0.15, 0.2) is 0 Å². The lowest BCUT2D eigenvalue weighted by molar-refractivity contribution is 0.341. The monoisotopic (exact) mass is 299 g/mol. The van der Waals surface area contributed by atoms with Crippen molar-refractivity contribution in [1.82, 2.24) is 0 Å². The van der Waals surface area contributed by atoms with Crippen LogP contribution in [-0.2, 0) is 0 Å². The zero-order chi connectivity index (χ0) is 13.8. The van der Waals surface area contributed by atoms with Gasteiger partial charge in [0, 0.05) is 11.7 Å². The summed E-state index contributed by atoms with van der Waals surface area (Å²) in [5.74, 6) is 1.70. The third-order valence-corrected chi connectivity index (χ3v) is 4.99. The zero-order valence-corrected chi connectivity index (χ0v) is 13.3. The molecule has 0 amide bonds. The molecule has 0 bridgehead atoms. The Balaban J connectivity index is 1.94. The van der Waals surface area contributed by atoms with Gasteiger partial charge in [-0.05, 0) is 49.3 Å². The van der Waals surface area contributed by atoms with Crippen molar-refractivity contribution in [3.05, 3.63) is 28.2 Å². The topological polar surface area (TPSA) is 12.0 Å². The van der Waals surface area contributed by atoms with Crippen LogP contribution >= 0.6 is 23.2 Å². The lowest BCUT2D eigenvalue weighted by Crippen LogP contribution is -2.18. The Labute approximate surface area is 126 Å². The van der Waals surface area contributed by atoms with E-state index in [0.717, 1.165) is 17.5 Å². The molecule has 1 saturated carbocycles. The van der Waals surface area contributed by atoms with Crippen LogP contribution in [0.25, 0.3) is 0 Å². The Morgan fingerprint density at radius 2 is 1.84 bits per heavy atom. The third-order valence-electron chi connectivity index (χ3n) is 4.25. The van der Waals surface area contributed by atoms with E-state index in [9.17, 15) is 0 Å². The summed E-state index contributed by atoms with van der Waals surface area (Å²) in [7, 11) is 0. The van der Waals surface area contributed by atoms with Gasteiger partial charge >= 0.3 is 0 Å². The van der Waals surface area contributed by atoms with Crippen molar-refractivity contribution in [3.63, 3.8) is 0 Å². The standard InChI is InChI=1S/C16H23Cl2N/c1-11(2)12-4-3-5-13(7-6-12)19-14-8-9-15(17)16(18)10-14/h8-13,19H,3-7H2,1-2H3. The van der Waals surface area contributed by atoms with E-state index in [-0.39, 0.29) is 0 Å². The highest BCUT2D eigenvalue weighted by Gasteiger charge is 2.20. The van der Waals surface area contributed by atoms with Crippen molar-refractivity contribution in [1.29, 1.82) is 0 Å². The molecular weight excluding hydrogens is 277 g/mol. The number of halogens is 2. The summed E-state index contributed by atoms with van der Waals surface area (Å²) in [6.45, 7) is 4.69.